The van der Waals surface area contributed by atoms with Crippen LogP contribution >= 0.6 is 0 Å². The standard InChI is InChI=1S/C30H35N7O2/c1-5-27-34-28(26-18-36(19(2)38)13-14-37(26)27)22-8-6-7-20-15-25(33-17-23(20)22)21-9-10-24(32-16-21)29(39)35-30(3,4)11-12-31/h6-10,15-17H,5,11-14,18,31H2,1-4H3,(H,35,39). The molecule has 0 spiro atoms. The summed E-state index contributed by atoms with van der Waals surface area (Å²) < 4.78 is 2.26. The molecule has 0 unspecified atom stereocenters. The maximum Gasteiger partial charge on any atom is 0.270 e. The molecule has 0 fully saturated rings. The van der Waals surface area contributed by atoms with Crippen LogP contribution in [-0.2, 0) is 24.3 Å². The molecule has 9 nitrogen and oxygen atoms in total. The number of hydrogen-bond donors (Lipinski definition) is 2. The summed E-state index contributed by atoms with van der Waals surface area (Å²) in [4.78, 5) is 40.8. The summed E-state index contributed by atoms with van der Waals surface area (Å²) in [5.74, 6) is 0.882. The molecule has 0 atom stereocenters. The van der Waals surface area contributed by atoms with Crippen molar-refractivity contribution < 1.29 is 9.59 Å². The number of nitrogens with zero attached hydrogens (tertiary/aromatic N) is 5. The van der Waals surface area contributed by atoms with Gasteiger partial charge in [0.05, 0.1) is 23.6 Å². The average molecular weight is 526 g/mol. The number of rotatable bonds is 7. The van der Waals surface area contributed by atoms with Gasteiger partial charge in [0.15, 0.2) is 0 Å². The molecule has 0 aliphatic carbocycles. The third-order valence-corrected chi connectivity index (χ3v) is 7.38. The number of benzene rings is 1. The molecule has 9 heteroatoms. The van der Waals surface area contributed by atoms with Gasteiger partial charge in [0.2, 0.25) is 5.91 Å². The van der Waals surface area contributed by atoms with Crippen LogP contribution < -0.4 is 11.1 Å². The molecular formula is C30H35N7O2. The number of aromatic nitrogens is 4. The van der Waals surface area contributed by atoms with Gasteiger partial charge in [0, 0.05) is 60.9 Å². The quantitative estimate of drug-likeness (QED) is 0.377. The van der Waals surface area contributed by atoms with Gasteiger partial charge in [-0.25, -0.2) is 4.98 Å². The Morgan fingerprint density at radius 1 is 1.10 bits per heavy atom. The highest BCUT2D eigenvalue weighted by molar-refractivity contribution is 5.97. The first kappa shape index (κ1) is 26.5. The van der Waals surface area contributed by atoms with Gasteiger partial charge in [-0.1, -0.05) is 25.1 Å². The monoisotopic (exact) mass is 525 g/mol. The fraction of sp³-hybridized carbons (Fsp3) is 0.367. The molecule has 2 amide bonds. The molecule has 3 N–H and O–H groups in total. The van der Waals surface area contributed by atoms with E-state index in [4.69, 9.17) is 15.7 Å². The van der Waals surface area contributed by atoms with Crippen LogP contribution in [0.15, 0.2) is 48.8 Å². The van der Waals surface area contributed by atoms with Crippen molar-refractivity contribution in [3.63, 3.8) is 0 Å². The fourth-order valence-corrected chi connectivity index (χ4v) is 5.21. The van der Waals surface area contributed by atoms with Crippen molar-refractivity contribution in [3.05, 3.63) is 66.0 Å². The van der Waals surface area contributed by atoms with Crippen LogP contribution in [0.3, 0.4) is 0 Å². The molecular weight excluding hydrogens is 490 g/mol. The van der Waals surface area contributed by atoms with Crippen molar-refractivity contribution in [2.24, 2.45) is 5.73 Å². The lowest BCUT2D eigenvalue weighted by Gasteiger charge is -2.28. The minimum absolute atomic E-state index is 0.0760. The highest BCUT2D eigenvalue weighted by Crippen LogP contribution is 2.34. The predicted octanol–water partition coefficient (Wildman–Crippen LogP) is 3.94. The van der Waals surface area contributed by atoms with E-state index in [1.165, 1.54) is 0 Å². The summed E-state index contributed by atoms with van der Waals surface area (Å²) >= 11 is 0. The van der Waals surface area contributed by atoms with E-state index in [-0.39, 0.29) is 11.8 Å². The number of amides is 2. The number of fused-ring (bicyclic) bond motifs is 2. The number of nitrogens with one attached hydrogen (secondary N) is 1. The molecule has 0 bridgehead atoms. The number of imidazole rings is 1. The lowest BCUT2D eigenvalue weighted by molar-refractivity contribution is -0.130. The van der Waals surface area contributed by atoms with Gasteiger partial charge in [-0.2, -0.15) is 0 Å². The van der Waals surface area contributed by atoms with E-state index in [1.54, 1.807) is 19.2 Å². The van der Waals surface area contributed by atoms with E-state index in [0.717, 1.165) is 57.8 Å². The highest BCUT2D eigenvalue weighted by Gasteiger charge is 2.26. The van der Waals surface area contributed by atoms with Crippen LogP contribution in [0, 0.1) is 0 Å². The smallest absolute Gasteiger partial charge is 0.270 e. The van der Waals surface area contributed by atoms with Gasteiger partial charge in [0.1, 0.15) is 11.5 Å². The summed E-state index contributed by atoms with van der Waals surface area (Å²) in [7, 11) is 0. The Hall–Kier alpha value is -4.11. The third kappa shape index (κ3) is 5.27. The van der Waals surface area contributed by atoms with Crippen LogP contribution in [0.25, 0.3) is 33.3 Å². The van der Waals surface area contributed by atoms with E-state index in [9.17, 15) is 9.59 Å². The molecule has 39 heavy (non-hydrogen) atoms. The Labute approximate surface area is 228 Å². The van der Waals surface area contributed by atoms with Crippen LogP contribution in [-0.4, -0.2) is 54.9 Å². The van der Waals surface area contributed by atoms with Crippen LogP contribution in [0.4, 0.5) is 0 Å². The lowest BCUT2D eigenvalue weighted by Crippen LogP contribution is -2.45. The van der Waals surface area contributed by atoms with Crippen molar-refractivity contribution in [2.75, 3.05) is 13.1 Å². The molecule has 202 valence electrons. The number of aryl methyl sites for hydroxylation is 1. The highest BCUT2D eigenvalue weighted by atomic mass is 16.2. The van der Waals surface area contributed by atoms with Gasteiger partial charge in [-0.15, -0.1) is 0 Å². The second kappa shape index (κ2) is 10.6. The molecule has 1 aliphatic rings. The minimum atomic E-state index is -0.402. The summed E-state index contributed by atoms with van der Waals surface area (Å²) in [6, 6.07) is 11.8. The molecule has 1 aliphatic heterocycles. The second-order valence-electron chi connectivity index (χ2n) is 10.7. The van der Waals surface area contributed by atoms with Crippen LogP contribution in [0.5, 0.6) is 0 Å². The number of carbonyl (C=O) groups is 2. The third-order valence-electron chi connectivity index (χ3n) is 7.38. The van der Waals surface area contributed by atoms with Crippen molar-refractivity contribution in [1.82, 2.24) is 29.7 Å². The van der Waals surface area contributed by atoms with E-state index in [0.29, 0.717) is 31.7 Å². The van der Waals surface area contributed by atoms with E-state index >= 15 is 0 Å². The van der Waals surface area contributed by atoms with Crippen molar-refractivity contribution in [2.45, 2.75) is 59.2 Å². The van der Waals surface area contributed by atoms with E-state index in [1.807, 2.05) is 43.1 Å². The minimum Gasteiger partial charge on any atom is -0.346 e. The maximum absolute atomic E-state index is 12.7. The molecule has 4 aromatic rings. The predicted molar refractivity (Wildman–Crippen MR) is 152 cm³/mol. The fourth-order valence-electron chi connectivity index (χ4n) is 5.21. The largest absolute Gasteiger partial charge is 0.346 e. The van der Waals surface area contributed by atoms with Gasteiger partial charge in [-0.05, 0) is 50.4 Å². The topological polar surface area (TPSA) is 119 Å². The van der Waals surface area contributed by atoms with Gasteiger partial charge in [0.25, 0.3) is 5.91 Å². The molecule has 1 aromatic carbocycles. The SMILES string of the molecule is CCc1nc(-c2cccc3cc(-c4ccc(C(=O)NC(C)(C)CCN)nc4)ncc23)c2n1CCN(C(C)=O)C2. The second-order valence-corrected chi connectivity index (χ2v) is 10.7. The zero-order chi connectivity index (χ0) is 27.7. The van der Waals surface area contributed by atoms with Crippen molar-refractivity contribution >= 4 is 22.6 Å². The Balaban J connectivity index is 1.46. The molecule has 0 radical (unpaired) electrons. The number of hydrogen-bond acceptors (Lipinski definition) is 6. The molecule has 3 aromatic heterocycles. The molecule has 5 rings (SSSR count). The maximum atomic E-state index is 12.7. The van der Waals surface area contributed by atoms with Crippen LogP contribution in [0.1, 0.15) is 56.1 Å². The molecule has 0 saturated heterocycles. The summed E-state index contributed by atoms with van der Waals surface area (Å²) in [5.41, 5.74) is 10.2. The van der Waals surface area contributed by atoms with Gasteiger partial charge in [-0.3, -0.25) is 19.6 Å². The molecule has 0 saturated carbocycles. The number of pyridine rings is 2. The van der Waals surface area contributed by atoms with Gasteiger partial charge < -0.3 is 20.5 Å². The zero-order valence-corrected chi connectivity index (χ0v) is 23.0. The average Bonchev–Trinajstić information content (AvgIpc) is 3.30. The summed E-state index contributed by atoms with van der Waals surface area (Å²) in [6.45, 7) is 10.1. The first-order valence-electron chi connectivity index (χ1n) is 13.4. The van der Waals surface area contributed by atoms with Crippen LogP contribution in [0.2, 0.25) is 0 Å². The Morgan fingerprint density at radius 2 is 1.92 bits per heavy atom. The first-order chi connectivity index (χ1) is 18.7. The lowest BCUT2D eigenvalue weighted by atomic mass is 10.00. The normalized spacial score (nSPS) is 13.4. The van der Waals surface area contributed by atoms with Crippen molar-refractivity contribution in [3.8, 4) is 22.5 Å². The van der Waals surface area contributed by atoms with E-state index < -0.39 is 5.54 Å². The summed E-state index contributed by atoms with van der Waals surface area (Å²) in [5, 5.41) is 5.01. The van der Waals surface area contributed by atoms with Crippen molar-refractivity contribution in [1.29, 1.82) is 0 Å². The van der Waals surface area contributed by atoms with Gasteiger partial charge >= 0.3 is 0 Å². The zero-order valence-electron chi connectivity index (χ0n) is 23.0. The van der Waals surface area contributed by atoms with E-state index in [2.05, 4.69) is 33.9 Å². The Morgan fingerprint density at radius 3 is 2.62 bits per heavy atom. The molecule has 4 heterocycles. The number of carbonyl (C=O) groups excluding carboxylic acids is 2. The summed E-state index contributed by atoms with van der Waals surface area (Å²) in [6.07, 6.45) is 5.06. The number of nitrogens with two attached hydrogens (primary N) is 1. The Kier molecular flexibility index (Phi) is 7.18. The first-order valence-corrected chi connectivity index (χ1v) is 13.4. The Bertz CT molecular complexity index is 1540.